The molecule has 1 unspecified atom stereocenters. The van der Waals surface area contributed by atoms with Gasteiger partial charge in [-0.05, 0) is 18.3 Å². The van der Waals surface area contributed by atoms with E-state index in [1.807, 2.05) is 0 Å². The Hall–Kier alpha value is -0.0400. The molecule has 0 aliphatic heterocycles. The summed E-state index contributed by atoms with van der Waals surface area (Å²) >= 11 is 0. The molecule has 22 heavy (non-hydrogen) atoms. The third-order valence-corrected chi connectivity index (χ3v) is 5.53. The zero-order valence-electron chi connectivity index (χ0n) is 16.3. The molecule has 0 spiro atoms. The summed E-state index contributed by atoms with van der Waals surface area (Å²) in [5.74, 6) is 0. The minimum atomic E-state index is 0.317. The summed E-state index contributed by atoms with van der Waals surface area (Å²) < 4.78 is 0. The standard InChI is InChI=1S/C21H45N/c1-5-7-8-9-10-11-12-13-14-15-16-17-18-19-20(22)21(3,4)6-2/h20H,5-19,22H2,1-4H3. The van der Waals surface area contributed by atoms with Crippen LogP contribution in [0, 0.1) is 5.41 Å². The van der Waals surface area contributed by atoms with E-state index in [9.17, 15) is 0 Å². The molecular weight excluding hydrogens is 266 g/mol. The Morgan fingerprint density at radius 2 is 1.00 bits per heavy atom. The molecule has 2 N–H and O–H groups in total. The molecule has 0 aromatic rings. The lowest BCUT2D eigenvalue weighted by Crippen LogP contribution is -2.36. The van der Waals surface area contributed by atoms with Crippen LogP contribution >= 0.6 is 0 Å². The predicted molar refractivity (Wildman–Crippen MR) is 102 cm³/mol. The number of nitrogens with two attached hydrogens (primary N) is 1. The van der Waals surface area contributed by atoms with E-state index in [-0.39, 0.29) is 0 Å². The molecule has 0 aromatic heterocycles. The van der Waals surface area contributed by atoms with E-state index in [0.717, 1.165) is 0 Å². The van der Waals surface area contributed by atoms with Crippen molar-refractivity contribution < 1.29 is 0 Å². The van der Waals surface area contributed by atoms with Crippen LogP contribution < -0.4 is 5.73 Å². The maximum absolute atomic E-state index is 6.30. The summed E-state index contributed by atoms with van der Waals surface area (Å²) in [5.41, 5.74) is 6.62. The van der Waals surface area contributed by atoms with Crippen molar-refractivity contribution in [1.82, 2.24) is 0 Å². The van der Waals surface area contributed by atoms with Crippen LogP contribution in [0.2, 0.25) is 0 Å². The van der Waals surface area contributed by atoms with Crippen LogP contribution in [0.25, 0.3) is 0 Å². The lowest BCUT2D eigenvalue weighted by Gasteiger charge is -2.30. The molecule has 0 aliphatic carbocycles. The highest BCUT2D eigenvalue weighted by molar-refractivity contribution is 4.79. The first-order valence-electron chi connectivity index (χ1n) is 10.3. The van der Waals surface area contributed by atoms with Gasteiger partial charge in [0.2, 0.25) is 0 Å². The van der Waals surface area contributed by atoms with E-state index in [1.165, 1.54) is 96.3 Å². The summed E-state index contributed by atoms with van der Waals surface area (Å²) in [6.07, 6.45) is 20.9. The summed E-state index contributed by atoms with van der Waals surface area (Å²) in [4.78, 5) is 0. The van der Waals surface area contributed by atoms with Gasteiger partial charge in [-0.2, -0.15) is 0 Å². The van der Waals surface area contributed by atoms with Gasteiger partial charge in [0.1, 0.15) is 0 Å². The van der Waals surface area contributed by atoms with Crippen molar-refractivity contribution in [2.75, 3.05) is 0 Å². The molecule has 0 heterocycles. The van der Waals surface area contributed by atoms with Crippen molar-refractivity contribution in [2.24, 2.45) is 11.1 Å². The van der Waals surface area contributed by atoms with Gasteiger partial charge in [0.25, 0.3) is 0 Å². The molecule has 134 valence electrons. The van der Waals surface area contributed by atoms with Crippen LogP contribution in [0.5, 0.6) is 0 Å². The quantitative estimate of drug-likeness (QED) is 0.299. The molecule has 0 aliphatic rings. The Bertz CT molecular complexity index is 222. The van der Waals surface area contributed by atoms with E-state index in [2.05, 4.69) is 27.7 Å². The lowest BCUT2D eigenvalue weighted by molar-refractivity contribution is 0.257. The molecule has 1 heteroatoms. The maximum Gasteiger partial charge on any atom is 0.00901 e. The first-order valence-corrected chi connectivity index (χ1v) is 10.3. The molecule has 0 rings (SSSR count). The molecule has 0 bridgehead atoms. The second-order valence-corrected chi connectivity index (χ2v) is 7.98. The van der Waals surface area contributed by atoms with Crippen molar-refractivity contribution in [1.29, 1.82) is 0 Å². The number of unbranched alkanes of at least 4 members (excludes halogenated alkanes) is 12. The Balaban J connectivity index is 3.21. The van der Waals surface area contributed by atoms with Gasteiger partial charge in [0.15, 0.2) is 0 Å². The SMILES string of the molecule is CCCCCCCCCCCCCCCC(N)C(C)(C)CC. The molecular formula is C21H45N. The molecule has 0 fully saturated rings. The summed E-state index contributed by atoms with van der Waals surface area (Å²) in [6, 6.07) is 0.380. The van der Waals surface area contributed by atoms with Gasteiger partial charge in [-0.25, -0.2) is 0 Å². The van der Waals surface area contributed by atoms with Crippen LogP contribution in [-0.2, 0) is 0 Å². The minimum Gasteiger partial charge on any atom is -0.327 e. The summed E-state index contributed by atoms with van der Waals surface area (Å²) in [6.45, 7) is 9.15. The van der Waals surface area contributed by atoms with Crippen molar-refractivity contribution >= 4 is 0 Å². The van der Waals surface area contributed by atoms with Crippen molar-refractivity contribution in [3.63, 3.8) is 0 Å². The van der Waals surface area contributed by atoms with Crippen LogP contribution in [0.15, 0.2) is 0 Å². The normalized spacial score (nSPS) is 13.5. The van der Waals surface area contributed by atoms with E-state index in [0.29, 0.717) is 11.5 Å². The fraction of sp³-hybridized carbons (Fsp3) is 1.00. The van der Waals surface area contributed by atoms with E-state index >= 15 is 0 Å². The fourth-order valence-corrected chi connectivity index (χ4v) is 3.03. The van der Waals surface area contributed by atoms with Crippen molar-refractivity contribution in [3.05, 3.63) is 0 Å². The Morgan fingerprint density at radius 1 is 0.636 bits per heavy atom. The van der Waals surface area contributed by atoms with E-state index in [1.54, 1.807) is 0 Å². The zero-order chi connectivity index (χ0) is 16.7. The molecule has 0 amide bonds. The Labute approximate surface area is 141 Å². The highest BCUT2D eigenvalue weighted by Gasteiger charge is 2.23. The highest BCUT2D eigenvalue weighted by atomic mass is 14.7. The van der Waals surface area contributed by atoms with Gasteiger partial charge >= 0.3 is 0 Å². The topological polar surface area (TPSA) is 26.0 Å². The Kier molecular flexibility index (Phi) is 14.5. The molecule has 1 nitrogen and oxygen atoms in total. The molecule has 0 aromatic carbocycles. The lowest BCUT2D eigenvalue weighted by atomic mass is 9.80. The largest absolute Gasteiger partial charge is 0.327 e. The van der Waals surface area contributed by atoms with Gasteiger partial charge in [0.05, 0.1) is 0 Å². The van der Waals surface area contributed by atoms with Crippen LogP contribution in [0.1, 0.15) is 124 Å². The average molecular weight is 312 g/mol. The Morgan fingerprint density at radius 3 is 1.36 bits per heavy atom. The van der Waals surface area contributed by atoms with Crippen LogP contribution in [0.4, 0.5) is 0 Å². The van der Waals surface area contributed by atoms with E-state index < -0.39 is 0 Å². The van der Waals surface area contributed by atoms with Gasteiger partial charge in [0, 0.05) is 6.04 Å². The van der Waals surface area contributed by atoms with Gasteiger partial charge in [-0.15, -0.1) is 0 Å². The first-order chi connectivity index (χ1) is 10.5. The summed E-state index contributed by atoms with van der Waals surface area (Å²) in [7, 11) is 0. The second-order valence-electron chi connectivity index (χ2n) is 7.98. The fourth-order valence-electron chi connectivity index (χ4n) is 3.03. The third-order valence-electron chi connectivity index (χ3n) is 5.53. The zero-order valence-corrected chi connectivity index (χ0v) is 16.3. The van der Waals surface area contributed by atoms with Crippen molar-refractivity contribution in [2.45, 2.75) is 130 Å². The average Bonchev–Trinajstić information content (AvgIpc) is 2.51. The molecule has 0 saturated carbocycles. The third kappa shape index (κ3) is 12.5. The number of hydrogen-bond donors (Lipinski definition) is 1. The van der Waals surface area contributed by atoms with E-state index in [4.69, 9.17) is 5.73 Å². The van der Waals surface area contributed by atoms with Crippen molar-refractivity contribution in [3.8, 4) is 0 Å². The first kappa shape index (κ1) is 22.0. The minimum absolute atomic E-state index is 0.317. The highest BCUT2D eigenvalue weighted by Crippen LogP contribution is 2.26. The number of hydrogen-bond acceptors (Lipinski definition) is 1. The van der Waals surface area contributed by atoms with Crippen LogP contribution in [0.3, 0.4) is 0 Å². The second kappa shape index (κ2) is 14.5. The molecule has 0 saturated heterocycles. The smallest absolute Gasteiger partial charge is 0.00901 e. The summed E-state index contributed by atoms with van der Waals surface area (Å²) in [5, 5.41) is 0. The monoisotopic (exact) mass is 311 g/mol. The van der Waals surface area contributed by atoms with Gasteiger partial charge < -0.3 is 5.73 Å². The maximum atomic E-state index is 6.30. The molecule has 0 radical (unpaired) electrons. The molecule has 1 atom stereocenters. The van der Waals surface area contributed by atoms with Gasteiger partial charge in [-0.3, -0.25) is 0 Å². The predicted octanol–water partition coefficient (Wildman–Crippen LogP) is 7.23. The number of rotatable bonds is 16. The van der Waals surface area contributed by atoms with Crippen LogP contribution in [-0.4, -0.2) is 6.04 Å². The van der Waals surface area contributed by atoms with Gasteiger partial charge in [-0.1, -0.05) is 111 Å².